The van der Waals surface area contributed by atoms with E-state index < -0.39 is 0 Å². The van der Waals surface area contributed by atoms with Gasteiger partial charge in [-0.1, -0.05) is 13.8 Å². The van der Waals surface area contributed by atoms with Gasteiger partial charge in [0.1, 0.15) is 0 Å². The summed E-state index contributed by atoms with van der Waals surface area (Å²) in [5, 5.41) is 3.52. The molecule has 0 fully saturated rings. The van der Waals surface area contributed by atoms with Gasteiger partial charge in [-0.25, -0.2) is 0 Å². The van der Waals surface area contributed by atoms with Crippen LogP contribution in [0, 0.1) is 0 Å². The van der Waals surface area contributed by atoms with Crippen LogP contribution in [0.5, 0.6) is 0 Å². The maximum Gasteiger partial charge on any atom is 0.0211 e. The molecule has 0 rings (SSSR count). The van der Waals surface area contributed by atoms with Crippen LogP contribution < -0.4 is 5.32 Å². The number of likely N-dealkylation sites (N-methyl/N-ethyl adjacent to an activating group) is 1. The maximum absolute atomic E-state index is 3.52. The second kappa shape index (κ2) is 9.81. The normalized spacial score (nSPS) is 13.5. The average Bonchev–Trinajstić information content (AvgIpc) is 2.16. The first-order valence-electron chi connectivity index (χ1n) is 5.67. The summed E-state index contributed by atoms with van der Waals surface area (Å²) in [5.41, 5.74) is 0. The molecule has 0 aromatic rings. The molecule has 1 atom stereocenters. The van der Waals surface area contributed by atoms with E-state index in [1.54, 1.807) is 0 Å². The van der Waals surface area contributed by atoms with Gasteiger partial charge in [-0.2, -0.15) is 11.8 Å². The fraction of sp³-hybridized carbons (Fsp3) is 1.00. The Hall–Kier alpha value is 0.270. The lowest BCUT2D eigenvalue weighted by atomic mass is 10.2. The van der Waals surface area contributed by atoms with Crippen molar-refractivity contribution in [2.24, 2.45) is 0 Å². The smallest absolute Gasteiger partial charge is 0.0211 e. The molecule has 0 aliphatic heterocycles. The third-order valence-corrected chi connectivity index (χ3v) is 3.41. The molecule has 0 aromatic heterocycles. The van der Waals surface area contributed by atoms with Crippen molar-refractivity contribution in [3.8, 4) is 0 Å². The van der Waals surface area contributed by atoms with Crippen LogP contribution in [-0.4, -0.2) is 49.6 Å². The molecule has 2 nitrogen and oxygen atoms in total. The van der Waals surface area contributed by atoms with Crippen LogP contribution in [-0.2, 0) is 0 Å². The Morgan fingerprint density at radius 2 is 2.00 bits per heavy atom. The SMILES string of the molecule is CCSCCCNCC(CC)N(C)C. The molecule has 0 spiro atoms. The highest BCUT2D eigenvalue weighted by atomic mass is 32.2. The number of nitrogens with zero attached hydrogens (tertiary/aromatic N) is 1. The second-order valence-corrected chi connectivity index (χ2v) is 5.17. The zero-order valence-electron chi connectivity index (χ0n) is 10.2. The average molecular weight is 218 g/mol. The van der Waals surface area contributed by atoms with Crippen LogP contribution in [0.1, 0.15) is 26.7 Å². The lowest BCUT2D eigenvalue weighted by Crippen LogP contribution is -2.37. The van der Waals surface area contributed by atoms with E-state index in [1.165, 1.54) is 24.3 Å². The second-order valence-electron chi connectivity index (χ2n) is 3.78. The predicted octanol–water partition coefficient (Wildman–Crippen LogP) is 2.06. The van der Waals surface area contributed by atoms with Crippen molar-refractivity contribution in [1.29, 1.82) is 0 Å². The van der Waals surface area contributed by atoms with Crippen LogP contribution >= 0.6 is 11.8 Å². The molecule has 0 aromatic carbocycles. The van der Waals surface area contributed by atoms with E-state index in [1.807, 2.05) is 11.8 Å². The molecule has 0 amide bonds. The van der Waals surface area contributed by atoms with Gasteiger partial charge in [0.2, 0.25) is 0 Å². The first-order chi connectivity index (χ1) is 6.72. The number of thioether (sulfide) groups is 1. The molecular formula is C11H26N2S. The predicted molar refractivity (Wildman–Crippen MR) is 68.3 cm³/mol. The fourth-order valence-electron chi connectivity index (χ4n) is 1.40. The third kappa shape index (κ3) is 7.65. The highest BCUT2D eigenvalue weighted by molar-refractivity contribution is 7.99. The van der Waals surface area contributed by atoms with Gasteiger partial charge < -0.3 is 10.2 Å². The minimum Gasteiger partial charge on any atom is -0.315 e. The van der Waals surface area contributed by atoms with Crippen LogP contribution in [0.4, 0.5) is 0 Å². The number of hydrogen-bond donors (Lipinski definition) is 1. The lowest BCUT2D eigenvalue weighted by molar-refractivity contribution is 0.277. The number of nitrogens with one attached hydrogen (secondary N) is 1. The molecule has 1 unspecified atom stereocenters. The highest BCUT2D eigenvalue weighted by Gasteiger charge is 2.06. The van der Waals surface area contributed by atoms with E-state index >= 15 is 0 Å². The van der Waals surface area contributed by atoms with Gasteiger partial charge in [-0.15, -0.1) is 0 Å². The van der Waals surface area contributed by atoms with Gasteiger partial charge in [0, 0.05) is 12.6 Å². The lowest BCUT2D eigenvalue weighted by Gasteiger charge is -2.23. The van der Waals surface area contributed by atoms with Crippen molar-refractivity contribution >= 4 is 11.8 Å². The van der Waals surface area contributed by atoms with Gasteiger partial charge in [-0.05, 0) is 45.0 Å². The van der Waals surface area contributed by atoms with E-state index in [4.69, 9.17) is 0 Å². The molecular weight excluding hydrogens is 192 g/mol. The van der Waals surface area contributed by atoms with E-state index in [2.05, 4.69) is 38.2 Å². The van der Waals surface area contributed by atoms with Crippen molar-refractivity contribution in [3.63, 3.8) is 0 Å². The molecule has 0 radical (unpaired) electrons. The van der Waals surface area contributed by atoms with Gasteiger partial charge in [0.15, 0.2) is 0 Å². The highest BCUT2D eigenvalue weighted by Crippen LogP contribution is 2.00. The Labute approximate surface area is 93.8 Å². The number of rotatable bonds is 9. The molecule has 0 saturated carbocycles. The van der Waals surface area contributed by atoms with E-state index in [0.717, 1.165) is 13.1 Å². The Kier molecular flexibility index (Phi) is 10.0. The van der Waals surface area contributed by atoms with Gasteiger partial charge in [0.05, 0.1) is 0 Å². The van der Waals surface area contributed by atoms with Crippen molar-refractivity contribution < 1.29 is 0 Å². The molecule has 14 heavy (non-hydrogen) atoms. The topological polar surface area (TPSA) is 15.3 Å². The summed E-state index contributed by atoms with van der Waals surface area (Å²) in [7, 11) is 4.31. The fourth-order valence-corrected chi connectivity index (χ4v) is 2.04. The van der Waals surface area contributed by atoms with Gasteiger partial charge >= 0.3 is 0 Å². The molecule has 3 heteroatoms. The minimum absolute atomic E-state index is 0.689. The molecule has 0 aliphatic carbocycles. The van der Waals surface area contributed by atoms with E-state index in [0.29, 0.717) is 6.04 Å². The monoisotopic (exact) mass is 218 g/mol. The Morgan fingerprint density at radius 1 is 1.29 bits per heavy atom. The summed E-state index contributed by atoms with van der Waals surface area (Å²) in [6.07, 6.45) is 2.52. The molecule has 86 valence electrons. The molecule has 0 bridgehead atoms. The summed E-state index contributed by atoms with van der Waals surface area (Å²) >= 11 is 2.03. The Morgan fingerprint density at radius 3 is 2.50 bits per heavy atom. The molecule has 0 saturated heterocycles. The van der Waals surface area contributed by atoms with Crippen molar-refractivity contribution in [3.05, 3.63) is 0 Å². The van der Waals surface area contributed by atoms with Crippen molar-refractivity contribution in [2.75, 3.05) is 38.7 Å². The number of hydrogen-bond acceptors (Lipinski definition) is 3. The van der Waals surface area contributed by atoms with Crippen molar-refractivity contribution in [2.45, 2.75) is 32.7 Å². The molecule has 1 N–H and O–H groups in total. The molecule has 0 aliphatic rings. The van der Waals surface area contributed by atoms with Gasteiger partial charge in [-0.3, -0.25) is 0 Å². The third-order valence-electron chi connectivity index (χ3n) is 2.43. The standard InChI is InChI=1S/C11H26N2S/c1-5-11(13(3)4)10-12-8-7-9-14-6-2/h11-12H,5-10H2,1-4H3. The van der Waals surface area contributed by atoms with Gasteiger partial charge in [0.25, 0.3) is 0 Å². The first kappa shape index (κ1) is 14.3. The Balaban J connectivity index is 3.25. The van der Waals surface area contributed by atoms with Crippen LogP contribution in [0.25, 0.3) is 0 Å². The summed E-state index contributed by atoms with van der Waals surface area (Å²) < 4.78 is 0. The van der Waals surface area contributed by atoms with Crippen LogP contribution in [0.2, 0.25) is 0 Å². The van der Waals surface area contributed by atoms with Crippen molar-refractivity contribution in [1.82, 2.24) is 10.2 Å². The zero-order chi connectivity index (χ0) is 10.8. The van der Waals surface area contributed by atoms with Crippen LogP contribution in [0.3, 0.4) is 0 Å². The van der Waals surface area contributed by atoms with E-state index in [-0.39, 0.29) is 0 Å². The summed E-state index contributed by atoms with van der Waals surface area (Å²) in [5.74, 6) is 2.54. The largest absolute Gasteiger partial charge is 0.315 e. The quantitative estimate of drug-likeness (QED) is 0.596. The molecule has 0 heterocycles. The Bertz CT molecular complexity index is 118. The van der Waals surface area contributed by atoms with Crippen LogP contribution in [0.15, 0.2) is 0 Å². The first-order valence-corrected chi connectivity index (χ1v) is 6.82. The summed E-state index contributed by atoms with van der Waals surface area (Å²) in [4.78, 5) is 2.30. The zero-order valence-corrected chi connectivity index (χ0v) is 11.0. The minimum atomic E-state index is 0.689. The maximum atomic E-state index is 3.52. The van der Waals surface area contributed by atoms with E-state index in [9.17, 15) is 0 Å². The summed E-state index contributed by atoms with van der Waals surface area (Å²) in [6, 6.07) is 0.689. The summed E-state index contributed by atoms with van der Waals surface area (Å²) in [6.45, 7) is 6.76.